The lowest BCUT2D eigenvalue weighted by Gasteiger charge is -2.19. The average Bonchev–Trinajstić information content (AvgIpc) is 3.11. The molecule has 0 aliphatic heterocycles. The number of hydrogen-bond donors (Lipinski definition) is 0. The Morgan fingerprint density at radius 3 is 2.55 bits per heavy atom. The first-order chi connectivity index (χ1) is 13.6. The second kappa shape index (κ2) is 8.34. The summed E-state index contributed by atoms with van der Waals surface area (Å²) >= 11 is 1.35. The summed E-state index contributed by atoms with van der Waals surface area (Å²) in [5, 5.41) is 2.39. The zero-order valence-electron chi connectivity index (χ0n) is 16.7. The van der Waals surface area contributed by atoms with Gasteiger partial charge in [0, 0.05) is 18.6 Å². The van der Waals surface area contributed by atoms with Crippen LogP contribution < -0.4 is 9.64 Å². The molecule has 0 saturated heterocycles. The van der Waals surface area contributed by atoms with E-state index < -0.39 is 9.84 Å². The second-order valence-electron chi connectivity index (χ2n) is 6.78. The van der Waals surface area contributed by atoms with Crippen LogP contribution in [0.2, 0.25) is 0 Å². The summed E-state index contributed by atoms with van der Waals surface area (Å²) in [6.07, 6.45) is 1.15. The van der Waals surface area contributed by atoms with Crippen LogP contribution in [0.25, 0.3) is 0 Å². The van der Waals surface area contributed by atoms with E-state index >= 15 is 0 Å². The summed E-state index contributed by atoms with van der Waals surface area (Å²) in [6, 6.07) is 12.2. The second-order valence-corrected chi connectivity index (χ2v) is 9.63. The van der Waals surface area contributed by atoms with E-state index in [0.29, 0.717) is 16.6 Å². The number of thiazole rings is 1. The summed E-state index contributed by atoms with van der Waals surface area (Å²) in [4.78, 5) is 18.6. The number of benzene rings is 2. The highest BCUT2D eigenvalue weighted by Crippen LogP contribution is 2.30. The van der Waals surface area contributed by atoms with E-state index in [0.717, 1.165) is 23.1 Å². The zero-order chi connectivity index (χ0) is 21.2. The van der Waals surface area contributed by atoms with Gasteiger partial charge in [-0.3, -0.25) is 9.69 Å². The molecule has 1 amide bonds. The number of aromatic nitrogens is 1. The van der Waals surface area contributed by atoms with Gasteiger partial charge < -0.3 is 4.74 Å². The van der Waals surface area contributed by atoms with E-state index in [1.54, 1.807) is 17.0 Å². The Morgan fingerprint density at radius 2 is 1.90 bits per heavy atom. The number of sulfone groups is 1. The molecule has 1 heterocycles. The van der Waals surface area contributed by atoms with Crippen molar-refractivity contribution in [3.05, 3.63) is 64.7 Å². The number of hydrogen-bond acceptors (Lipinski definition) is 6. The third-order valence-corrected chi connectivity index (χ3v) is 6.40. The van der Waals surface area contributed by atoms with Crippen molar-refractivity contribution in [3.8, 4) is 5.75 Å². The molecular weight excluding hydrogens is 408 g/mol. The van der Waals surface area contributed by atoms with Gasteiger partial charge in [-0.15, -0.1) is 11.3 Å². The lowest BCUT2D eigenvalue weighted by Crippen LogP contribution is -2.22. The standard InChI is InChI=1S/C21H22N2O4S2/c1-14-8-9-18(10-15(14)2)23(16(3)24)21-22-17(13-28-21)12-27-19-6-5-7-20(11-19)29(4,25)26/h5-11,13H,12H2,1-4H3. The van der Waals surface area contributed by atoms with Crippen molar-refractivity contribution in [3.63, 3.8) is 0 Å². The lowest BCUT2D eigenvalue weighted by molar-refractivity contribution is -0.115. The fraction of sp³-hybridized carbons (Fsp3) is 0.238. The number of rotatable bonds is 6. The highest BCUT2D eigenvalue weighted by Gasteiger charge is 2.18. The number of carbonyl (C=O) groups is 1. The molecule has 0 atom stereocenters. The van der Waals surface area contributed by atoms with Crippen molar-refractivity contribution in [2.75, 3.05) is 11.2 Å². The van der Waals surface area contributed by atoms with E-state index in [2.05, 4.69) is 4.98 Å². The lowest BCUT2D eigenvalue weighted by atomic mass is 10.1. The molecule has 2 aromatic carbocycles. The van der Waals surface area contributed by atoms with Gasteiger partial charge >= 0.3 is 0 Å². The van der Waals surface area contributed by atoms with Gasteiger partial charge in [0.05, 0.1) is 16.3 Å². The summed E-state index contributed by atoms with van der Waals surface area (Å²) in [6.45, 7) is 5.70. The van der Waals surface area contributed by atoms with Crippen LogP contribution in [0.3, 0.4) is 0 Å². The van der Waals surface area contributed by atoms with Gasteiger partial charge in [0.2, 0.25) is 5.91 Å². The molecule has 0 N–H and O–H groups in total. The molecule has 0 saturated carbocycles. The van der Waals surface area contributed by atoms with Crippen molar-refractivity contribution >= 4 is 37.9 Å². The highest BCUT2D eigenvalue weighted by atomic mass is 32.2. The van der Waals surface area contributed by atoms with Gasteiger partial charge in [0.15, 0.2) is 15.0 Å². The average molecular weight is 431 g/mol. The molecule has 29 heavy (non-hydrogen) atoms. The van der Waals surface area contributed by atoms with Gasteiger partial charge in [-0.05, 0) is 55.3 Å². The molecule has 8 heteroatoms. The molecule has 0 bridgehead atoms. The van der Waals surface area contributed by atoms with Crippen LogP contribution in [0.1, 0.15) is 23.7 Å². The third-order valence-electron chi connectivity index (χ3n) is 4.41. The van der Waals surface area contributed by atoms with Crippen molar-refractivity contribution in [2.45, 2.75) is 32.3 Å². The first kappa shape index (κ1) is 21.0. The molecule has 0 unspecified atom stereocenters. The number of anilines is 2. The maximum absolute atomic E-state index is 12.3. The Hall–Kier alpha value is -2.71. The van der Waals surface area contributed by atoms with Crippen molar-refractivity contribution < 1.29 is 17.9 Å². The predicted octanol–water partition coefficient (Wildman–Crippen LogP) is 4.43. The summed E-state index contributed by atoms with van der Waals surface area (Å²) in [5.41, 5.74) is 3.68. The van der Waals surface area contributed by atoms with Crippen LogP contribution in [-0.4, -0.2) is 25.6 Å². The Balaban J connectivity index is 1.79. The molecule has 0 radical (unpaired) electrons. The topological polar surface area (TPSA) is 76.6 Å². The fourth-order valence-electron chi connectivity index (χ4n) is 2.71. The smallest absolute Gasteiger partial charge is 0.230 e. The molecule has 6 nitrogen and oxygen atoms in total. The zero-order valence-corrected chi connectivity index (χ0v) is 18.3. The first-order valence-electron chi connectivity index (χ1n) is 8.90. The number of amides is 1. The molecule has 3 rings (SSSR count). The first-order valence-corrected chi connectivity index (χ1v) is 11.7. The van der Waals surface area contributed by atoms with Gasteiger partial charge in [-0.25, -0.2) is 13.4 Å². The summed E-state index contributed by atoms with van der Waals surface area (Å²) in [5.74, 6) is 0.316. The monoisotopic (exact) mass is 430 g/mol. The molecule has 0 spiro atoms. The largest absolute Gasteiger partial charge is 0.487 e. The van der Waals surface area contributed by atoms with Crippen molar-refractivity contribution in [1.29, 1.82) is 0 Å². The van der Waals surface area contributed by atoms with E-state index in [-0.39, 0.29) is 17.4 Å². The molecule has 0 aliphatic rings. The Morgan fingerprint density at radius 1 is 1.14 bits per heavy atom. The van der Waals surface area contributed by atoms with Crippen LogP contribution in [0.15, 0.2) is 52.7 Å². The maximum atomic E-state index is 12.3. The van der Waals surface area contributed by atoms with E-state index in [9.17, 15) is 13.2 Å². The van der Waals surface area contributed by atoms with Gasteiger partial charge in [0.1, 0.15) is 12.4 Å². The van der Waals surface area contributed by atoms with Gasteiger partial charge in [-0.2, -0.15) is 0 Å². The van der Waals surface area contributed by atoms with Crippen LogP contribution >= 0.6 is 11.3 Å². The minimum Gasteiger partial charge on any atom is -0.487 e. The molecule has 152 valence electrons. The summed E-state index contributed by atoms with van der Waals surface area (Å²) < 4.78 is 29.1. The predicted molar refractivity (Wildman–Crippen MR) is 115 cm³/mol. The van der Waals surface area contributed by atoms with Gasteiger partial charge in [0.25, 0.3) is 0 Å². The number of nitrogens with zero attached hydrogens (tertiary/aromatic N) is 2. The van der Waals surface area contributed by atoms with Crippen LogP contribution in [-0.2, 0) is 21.2 Å². The molecule has 1 aromatic heterocycles. The van der Waals surface area contributed by atoms with Crippen LogP contribution in [0.5, 0.6) is 5.75 Å². The number of aryl methyl sites for hydroxylation is 2. The summed E-state index contributed by atoms with van der Waals surface area (Å²) in [7, 11) is -3.30. The number of ether oxygens (including phenoxy) is 1. The minimum absolute atomic E-state index is 0.129. The minimum atomic E-state index is -3.30. The fourth-order valence-corrected chi connectivity index (χ4v) is 4.24. The molecular formula is C21H22N2O4S2. The molecule has 0 fully saturated rings. The normalized spacial score (nSPS) is 11.3. The Kier molecular flexibility index (Phi) is 6.04. The molecule has 0 aliphatic carbocycles. The van der Waals surface area contributed by atoms with Gasteiger partial charge in [-0.1, -0.05) is 12.1 Å². The quantitative estimate of drug-likeness (QED) is 0.578. The van der Waals surface area contributed by atoms with Crippen LogP contribution in [0, 0.1) is 13.8 Å². The molecule has 3 aromatic rings. The van der Waals surface area contributed by atoms with Crippen LogP contribution in [0.4, 0.5) is 10.8 Å². The van der Waals surface area contributed by atoms with E-state index in [1.165, 1.54) is 30.4 Å². The Bertz CT molecular complexity index is 1150. The third kappa shape index (κ3) is 5.02. The van der Waals surface area contributed by atoms with Crippen molar-refractivity contribution in [2.24, 2.45) is 0 Å². The van der Waals surface area contributed by atoms with E-state index in [1.807, 2.05) is 37.4 Å². The van der Waals surface area contributed by atoms with E-state index in [4.69, 9.17) is 4.74 Å². The van der Waals surface area contributed by atoms with Crippen molar-refractivity contribution in [1.82, 2.24) is 4.98 Å². The maximum Gasteiger partial charge on any atom is 0.230 e. The number of carbonyl (C=O) groups excluding carboxylic acids is 1. The SMILES string of the molecule is CC(=O)N(c1ccc(C)c(C)c1)c1nc(COc2cccc(S(C)(=O)=O)c2)cs1. The Labute approximate surface area is 174 Å². The highest BCUT2D eigenvalue weighted by molar-refractivity contribution is 7.90.